The van der Waals surface area contributed by atoms with Gasteiger partial charge < -0.3 is 14.8 Å². The van der Waals surface area contributed by atoms with Gasteiger partial charge in [-0.05, 0) is 36.2 Å². The quantitative estimate of drug-likeness (QED) is 0.614. The van der Waals surface area contributed by atoms with Crippen molar-refractivity contribution in [3.63, 3.8) is 0 Å². The molecular weight excluding hydrogens is 322 g/mol. The van der Waals surface area contributed by atoms with E-state index in [4.69, 9.17) is 9.47 Å². The Balaban J connectivity index is 0.00000288. The first-order chi connectivity index (χ1) is 11.3. The average Bonchev–Trinajstić information content (AvgIpc) is 2.61. The lowest BCUT2D eigenvalue weighted by Crippen LogP contribution is -2.14. The van der Waals surface area contributed by atoms with Crippen LogP contribution in [-0.4, -0.2) is 13.7 Å². The predicted molar refractivity (Wildman–Crippen MR) is 102 cm³/mol. The molecule has 0 aliphatic rings. The van der Waals surface area contributed by atoms with Crippen LogP contribution in [0.25, 0.3) is 0 Å². The number of ether oxygens (including phenoxy) is 2. The highest BCUT2D eigenvalue weighted by Crippen LogP contribution is 2.28. The Morgan fingerprint density at radius 3 is 2.42 bits per heavy atom. The molecule has 2 rings (SSSR count). The maximum Gasteiger partial charge on any atom is 0.161 e. The first-order valence-corrected chi connectivity index (χ1v) is 8.38. The third-order valence-electron chi connectivity index (χ3n) is 3.75. The molecule has 0 aliphatic carbocycles. The lowest BCUT2D eigenvalue weighted by atomic mass is 10.2. The van der Waals surface area contributed by atoms with E-state index in [1.165, 1.54) is 24.8 Å². The number of benzene rings is 2. The van der Waals surface area contributed by atoms with E-state index < -0.39 is 0 Å². The van der Waals surface area contributed by atoms with Crippen LogP contribution in [0.1, 0.15) is 37.3 Å². The fourth-order valence-corrected chi connectivity index (χ4v) is 2.41. The molecule has 0 fully saturated rings. The van der Waals surface area contributed by atoms with Gasteiger partial charge in [-0.25, -0.2) is 0 Å². The first-order valence-electron chi connectivity index (χ1n) is 8.38. The normalized spacial score (nSPS) is 10.1. The molecule has 0 spiro atoms. The number of rotatable bonds is 10. The molecule has 0 saturated heterocycles. The van der Waals surface area contributed by atoms with Gasteiger partial charge in [-0.15, -0.1) is 12.4 Å². The fourth-order valence-electron chi connectivity index (χ4n) is 2.41. The molecule has 0 unspecified atom stereocenters. The Morgan fingerprint density at radius 2 is 1.71 bits per heavy atom. The van der Waals surface area contributed by atoms with E-state index in [0.29, 0.717) is 6.61 Å². The first kappa shape index (κ1) is 20.3. The summed E-state index contributed by atoms with van der Waals surface area (Å²) in [5, 5.41) is 3.47. The van der Waals surface area contributed by atoms with Crippen LogP contribution in [0.4, 0.5) is 0 Å². The molecule has 0 saturated carbocycles. The second-order valence-electron chi connectivity index (χ2n) is 5.64. The van der Waals surface area contributed by atoms with E-state index in [1.54, 1.807) is 7.11 Å². The molecule has 3 nitrogen and oxygen atoms in total. The molecule has 0 aliphatic heterocycles. The molecule has 0 bridgehead atoms. The topological polar surface area (TPSA) is 30.5 Å². The molecular formula is C20H28ClNO2. The zero-order chi connectivity index (χ0) is 16.3. The molecule has 2 aromatic rings. The fraction of sp³-hybridized carbons (Fsp3) is 0.400. The number of hydrogen-bond donors (Lipinski definition) is 1. The number of unbranched alkanes of at least 4 members (excludes halogenated alkanes) is 2. The number of halogens is 1. The minimum atomic E-state index is 0. The summed E-state index contributed by atoms with van der Waals surface area (Å²) < 4.78 is 11.3. The van der Waals surface area contributed by atoms with Crippen LogP contribution in [0.15, 0.2) is 48.5 Å². The summed E-state index contributed by atoms with van der Waals surface area (Å²) in [7, 11) is 1.68. The zero-order valence-electron chi connectivity index (χ0n) is 14.6. The molecule has 0 radical (unpaired) electrons. The monoisotopic (exact) mass is 349 g/mol. The van der Waals surface area contributed by atoms with Crippen molar-refractivity contribution >= 4 is 12.4 Å². The van der Waals surface area contributed by atoms with Crippen LogP contribution in [0.3, 0.4) is 0 Å². The van der Waals surface area contributed by atoms with Crippen LogP contribution in [0.5, 0.6) is 11.5 Å². The van der Waals surface area contributed by atoms with Crippen LogP contribution in [-0.2, 0) is 13.2 Å². The van der Waals surface area contributed by atoms with Crippen molar-refractivity contribution in [1.82, 2.24) is 5.32 Å². The van der Waals surface area contributed by atoms with Gasteiger partial charge in [0.1, 0.15) is 6.61 Å². The SMILES string of the molecule is CCCCCNCc1ccc(OCc2ccccc2)c(OC)c1.Cl. The zero-order valence-corrected chi connectivity index (χ0v) is 15.4. The smallest absolute Gasteiger partial charge is 0.161 e. The van der Waals surface area contributed by atoms with Gasteiger partial charge in [-0.2, -0.15) is 0 Å². The summed E-state index contributed by atoms with van der Waals surface area (Å²) in [6.45, 7) is 4.69. The molecule has 4 heteroatoms. The molecule has 0 aromatic heterocycles. The molecule has 0 amide bonds. The van der Waals surface area contributed by atoms with Gasteiger partial charge in [0.2, 0.25) is 0 Å². The van der Waals surface area contributed by atoms with E-state index in [0.717, 1.165) is 30.2 Å². The summed E-state index contributed by atoms with van der Waals surface area (Å²) in [6.07, 6.45) is 3.76. The highest BCUT2D eigenvalue weighted by molar-refractivity contribution is 5.85. The van der Waals surface area contributed by atoms with Gasteiger partial charge in [0.25, 0.3) is 0 Å². The number of hydrogen-bond acceptors (Lipinski definition) is 3. The van der Waals surface area contributed by atoms with Crippen molar-refractivity contribution in [3.8, 4) is 11.5 Å². The molecule has 1 N–H and O–H groups in total. The van der Waals surface area contributed by atoms with Gasteiger partial charge in [0, 0.05) is 6.54 Å². The molecule has 24 heavy (non-hydrogen) atoms. The predicted octanol–water partition coefficient (Wildman–Crippen LogP) is 4.98. The highest BCUT2D eigenvalue weighted by atomic mass is 35.5. The van der Waals surface area contributed by atoms with Gasteiger partial charge >= 0.3 is 0 Å². The standard InChI is InChI=1S/C20H27NO2.ClH/c1-3-4-8-13-21-15-18-11-12-19(20(14-18)22-2)23-16-17-9-6-5-7-10-17;/h5-7,9-12,14,21H,3-4,8,13,15-16H2,1-2H3;1H. The van der Waals surface area contributed by atoms with Crippen molar-refractivity contribution in [3.05, 3.63) is 59.7 Å². The number of nitrogens with one attached hydrogen (secondary N) is 1. The van der Waals surface area contributed by atoms with Crippen molar-refractivity contribution in [1.29, 1.82) is 0 Å². The van der Waals surface area contributed by atoms with Gasteiger partial charge in [0.15, 0.2) is 11.5 Å². The van der Waals surface area contributed by atoms with Gasteiger partial charge in [-0.3, -0.25) is 0 Å². The Bertz CT molecular complexity index is 575. The minimum Gasteiger partial charge on any atom is -0.493 e. The minimum absolute atomic E-state index is 0. The number of methoxy groups -OCH3 is 1. The highest BCUT2D eigenvalue weighted by Gasteiger charge is 2.06. The Kier molecular flexibility index (Phi) is 9.97. The van der Waals surface area contributed by atoms with E-state index in [1.807, 2.05) is 30.3 Å². The summed E-state index contributed by atoms with van der Waals surface area (Å²) in [5.74, 6) is 1.57. The van der Waals surface area contributed by atoms with Crippen LogP contribution < -0.4 is 14.8 Å². The van der Waals surface area contributed by atoms with E-state index in [-0.39, 0.29) is 12.4 Å². The van der Waals surface area contributed by atoms with Gasteiger partial charge in [0.05, 0.1) is 7.11 Å². The summed E-state index contributed by atoms with van der Waals surface area (Å²) in [6, 6.07) is 16.3. The summed E-state index contributed by atoms with van der Waals surface area (Å²) in [5.41, 5.74) is 2.36. The van der Waals surface area contributed by atoms with Crippen molar-refractivity contribution < 1.29 is 9.47 Å². The molecule has 132 valence electrons. The van der Waals surface area contributed by atoms with Crippen LogP contribution >= 0.6 is 12.4 Å². The van der Waals surface area contributed by atoms with Crippen molar-refractivity contribution in [2.24, 2.45) is 0 Å². The Hall–Kier alpha value is -1.71. The van der Waals surface area contributed by atoms with E-state index in [9.17, 15) is 0 Å². The molecule has 0 atom stereocenters. The average molecular weight is 350 g/mol. The Morgan fingerprint density at radius 1 is 0.917 bits per heavy atom. The third kappa shape index (κ3) is 6.81. The van der Waals surface area contributed by atoms with Crippen LogP contribution in [0, 0.1) is 0 Å². The summed E-state index contributed by atoms with van der Waals surface area (Å²) >= 11 is 0. The second-order valence-corrected chi connectivity index (χ2v) is 5.64. The lowest BCUT2D eigenvalue weighted by Gasteiger charge is -2.13. The van der Waals surface area contributed by atoms with E-state index in [2.05, 4.69) is 30.4 Å². The molecule has 0 heterocycles. The lowest BCUT2D eigenvalue weighted by molar-refractivity contribution is 0.284. The van der Waals surface area contributed by atoms with E-state index >= 15 is 0 Å². The maximum atomic E-state index is 5.88. The van der Waals surface area contributed by atoms with Crippen LogP contribution in [0.2, 0.25) is 0 Å². The van der Waals surface area contributed by atoms with Crippen molar-refractivity contribution in [2.75, 3.05) is 13.7 Å². The molecule has 2 aromatic carbocycles. The van der Waals surface area contributed by atoms with Gasteiger partial charge in [-0.1, -0.05) is 56.2 Å². The largest absolute Gasteiger partial charge is 0.493 e. The Labute approximate surface area is 151 Å². The van der Waals surface area contributed by atoms with Crippen molar-refractivity contribution in [2.45, 2.75) is 39.3 Å². The maximum absolute atomic E-state index is 5.88. The summed E-state index contributed by atoms with van der Waals surface area (Å²) in [4.78, 5) is 0. The third-order valence-corrected chi connectivity index (χ3v) is 3.75. The second kappa shape index (κ2) is 11.8.